The molecule has 4 rings (SSSR count). The quantitative estimate of drug-likeness (QED) is 0.856. The predicted octanol–water partition coefficient (Wildman–Crippen LogP) is 3.84. The number of carbonyl (C=O) groups is 1. The molecule has 0 aromatic heterocycles. The van der Waals surface area contributed by atoms with Gasteiger partial charge in [0.05, 0.1) is 6.61 Å². The van der Waals surface area contributed by atoms with Crippen molar-refractivity contribution in [3.05, 3.63) is 71.5 Å². The van der Waals surface area contributed by atoms with Gasteiger partial charge < -0.3 is 10.1 Å². The Balaban J connectivity index is 1.71. The van der Waals surface area contributed by atoms with Crippen LogP contribution in [0.4, 0.5) is 4.39 Å². The van der Waals surface area contributed by atoms with Crippen LogP contribution < -0.4 is 5.32 Å². The third-order valence-electron chi connectivity index (χ3n) is 5.30. The Bertz CT molecular complexity index is 873. The summed E-state index contributed by atoms with van der Waals surface area (Å²) in [4.78, 5) is 17.4. The Morgan fingerprint density at radius 1 is 1.22 bits per heavy atom. The van der Waals surface area contributed by atoms with E-state index < -0.39 is 5.54 Å². The minimum Gasteiger partial charge on any atom is -0.378 e. The fourth-order valence-electron chi connectivity index (χ4n) is 3.87. The fraction of sp³-hybridized carbons (Fsp3) is 0.333. The van der Waals surface area contributed by atoms with Gasteiger partial charge in [0, 0.05) is 29.4 Å². The number of rotatable bonds is 2. The standard InChI is InChI=1S/C21H21FN2O2S/c1-14-11-26-13-21(16-9-5-6-10-18(16)22)17(14)12-27-20(24-21)23-19(25)15-7-3-2-4-8-15/h2-10,14,17H,11-13H2,1H3,(H,23,24,25). The van der Waals surface area contributed by atoms with Crippen LogP contribution in [0.25, 0.3) is 0 Å². The highest BCUT2D eigenvalue weighted by atomic mass is 32.2. The number of fused-ring (bicyclic) bond motifs is 1. The van der Waals surface area contributed by atoms with Crippen LogP contribution in [-0.4, -0.2) is 30.0 Å². The third-order valence-corrected chi connectivity index (χ3v) is 6.29. The van der Waals surface area contributed by atoms with Crippen LogP contribution in [0.3, 0.4) is 0 Å². The Labute approximate surface area is 162 Å². The van der Waals surface area contributed by atoms with Crippen molar-refractivity contribution in [2.45, 2.75) is 12.5 Å². The smallest absolute Gasteiger partial charge is 0.257 e. The Kier molecular flexibility index (Phi) is 5.02. The van der Waals surface area contributed by atoms with Crippen molar-refractivity contribution >= 4 is 22.8 Å². The summed E-state index contributed by atoms with van der Waals surface area (Å²) in [6.45, 7) is 3.07. The van der Waals surface area contributed by atoms with Crippen LogP contribution >= 0.6 is 11.8 Å². The zero-order chi connectivity index (χ0) is 18.9. The molecular weight excluding hydrogens is 363 g/mol. The number of hydrogen-bond donors (Lipinski definition) is 1. The minimum absolute atomic E-state index is 0.144. The molecule has 2 aliphatic rings. The van der Waals surface area contributed by atoms with E-state index in [1.165, 1.54) is 17.8 Å². The maximum Gasteiger partial charge on any atom is 0.257 e. The van der Waals surface area contributed by atoms with Crippen LogP contribution in [0.1, 0.15) is 22.8 Å². The molecule has 3 atom stereocenters. The molecule has 2 aliphatic heterocycles. The van der Waals surface area contributed by atoms with Gasteiger partial charge >= 0.3 is 0 Å². The molecule has 2 heterocycles. The van der Waals surface area contributed by atoms with Crippen LogP contribution in [-0.2, 0) is 10.3 Å². The van der Waals surface area contributed by atoms with Crippen LogP contribution in [0.2, 0.25) is 0 Å². The average Bonchev–Trinajstić information content (AvgIpc) is 2.69. The molecular formula is C21H21FN2O2S. The fourth-order valence-corrected chi connectivity index (χ4v) is 5.20. The molecule has 3 unspecified atom stereocenters. The molecule has 0 saturated carbocycles. The molecule has 0 aliphatic carbocycles. The van der Waals surface area contributed by atoms with Crippen LogP contribution in [0.5, 0.6) is 0 Å². The number of amidine groups is 1. The molecule has 1 N–H and O–H groups in total. The first-order chi connectivity index (χ1) is 13.1. The molecule has 0 bridgehead atoms. The monoisotopic (exact) mass is 384 g/mol. The van der Waals surface area contributed by atoms with E-state index in [2.05, 4.69) is 12.2 Å². The van der Waals surface area contributed by atoms with Gasteiger partial charge in [-0.15, -0.1) is 0 Å². The lowest BCUT2D eigenvalue weighted by molar-refractivity contribution is -0.0340. The topological polar surface area (TPSA) is 50.7 Å². The van der Waals surface area contributed by atoms with Gasteiger partial charge in [0.15, 0.2) is 5.17 Å². The van der Waals surface area contributed by atoms with Crippen molar-refractivity contribution in [1.29, 1.82) is 0 Å². The number of amides is 1. The lowest BCUT2D eigenvalue weighted by Crippen LogP contribution is -2.52. The molecule has 1 amide bonds. The number of hydrogen-bond acceptors (Lipinski definition) is 4. The highest BCUT2D eigenvalue weighted by Crippen LogP contribution is 2.47. The van der Waals surface area contributed by atoms with Crippen LogP contribution in [0, 0.1) is 17.7 Å². The maximum absolute atomic E-state index is 14.7. The average molecular weight is 384 g/mol. The summed E-state index contributed by atoms with van der Waals surface area (Å²) in [7, 11) is 0. The number of carbonyl (C=O) groups excluding carboxylic acids is 1. The molecule has 0 spiro atoms. The van der Waals surface area contributed by atoms with E-state index in [4.69, 9.17) is 9.73 Å². The zero-order valence-electron chi connectivity index (χ0n) is 15.0. The minimum atomic E-state index is -0.812. The molecule has 4 nitrogen and oxygen atoms in total. The van der Waals surface area contributed by atoms with E-state index in [1.54, 1.807) is 24.3 Å². The first kappa shape index (κ1) is 18.2. The van der Waals surface area contributed by atoms with Crippen molar-refractivity contribution in [3.63, 3.8) is 0 Å². The number of benzene rings is 2. The van der Waals surface area contributed by atoms with Crippen molar-refractivity contribution in [2.75, 3.05) is 19.0 Å². The van der Waals surface area contributed by atoms with Gasteiger partial charge in [-0.25, -0.2) is 9.38 Å². The van der Waals surface area contributed by atoms with Gasteiger partial charge in [0.25, 0.3) is 5.91 Å². The SMILES string of the molecule is CC1COCC2(c3ccccc3F)N=C(NC(=O)c3ccccc3)SCC12. The lowest BCUT2D eigenvalue weighted by Gasteiger charge is -2.47. The number of aliphatic imine (C=N–C) groups is 1. The van der Waals surface area contributed by atoms with E-state index in [9.17, 15) is 9.18 Å². The number of halogens is 1. The number of nitrogens with one attached hydrogen (secondary N) is 1. The highest BCUT2D eigenvalue weighted by Gasteiger charge is 2.50. The normalized spacial score (nSPS) is 27.4. The van der Waals surface area contributed by atoms with Gasteiger partial charge in [-0.05, 0) is 24.1 Å². The van der Waals surface area contributed by atoms with Gasteiger partial charge in [-0.3, -0.25) is 4.79 Å². The Morgan fingerprint density at radius 2 is 1.96 bits per heavy atom. The maximum atomic E-state index is 14.7. The van der Waals surface area contributed by atoms with E-state index in [1.807, 2.05) is 24.3 Å². The first-order valence-corrected chi connectivity index (χ1v) is 10.0. The summed E-state index contributed by atoms with van der Waals surface area (Å²) >= 11 is 1.51. The molecule has 6 heteroatoms. The summed E-state index contributed by atoms with van der Waals surface area (Å²) in [5.41, 5.74) is 0.289. The van der Waals surface area contributed by atoms with E-state index in [0.717, 1.165) is 5.75 Å². The molecule has 1 fully saturated rings. The second kappa shape index (κ2) is 7.44. The van der Waals surface area contributed by atoms with Gasteiger partial charge in [0.1, 0.15) is 11.4 Å². The Hall–Kier alpha value is -2.18. The third kappa shape index (κ3) is 3.39. The molecule has 2 aromatic rings. The molecule has 27 heavy (non-hydrogen) atoms. The number of nitrogens with zero attached hydrogens (tertiary/aromatic N) is 1. The summed E-state index contributed by atoms with van der Waals surface area (Å²) < 4.78 is 20.5. The molecule has 0 radical (unpaired) electrons. The summed E-state index contributed by atoms with van der Waals surface area (Å²) in [5, 5.41) is 3.41. The Morgan fingerprint density at radius 3 is 2.74 bits per heavy atom. The van der Waals surface area contributed by atoms with E-state index in [0.29, 0.717) is 29.5 Å². The summed E-state index contributed by atoms with van der Waals surface area (Å²) in [6.07, 6.45) is 0. The largest absolute Gasteiger partial charge is 0.378 e. The van der Waals surface area contributed by atoms with E-state index in [-0.39, 0.29) is 23.6 Å². The van der Waals surface area contributed by atoms with Gasteiger partial charge in [-0.1, -0.05) is 55.1 Å². The predicted molar refractivity (Wildman–Crippen MR) is 105 cm³/mol. The van der Waals surface area contributed by atoms with Crippen molar-refractivity contribution in [1.82, 2.24) is 5.32 Å². The van der Waals surface area contributed by atoms with Crippen molar-refractivity contribution < 1.29 is 13.9 Å². The highest BCUT2D eigenvalue weighted by molar-refractivity contribution is 8.13. The molecule has 2 aromatic carbocycles. The molecule has 1 saturated heterocycles. The van der Waals surface area contributed by atoms with Crippen molar-refractivity contribution in [2.24, 2.45) is 16.8 Å². The second-order valence-corrected chi connectivity index (χ2v) is 8.06. The van der Waals surface area contributed by atoms with E-state index >= 15 is 0 Å². The number of thioether (sulfide) groups is 1. The second-order valence-electron chi connectivity index (χ2n) is 7.05. The van der Waals surface area contributed by atoms with Crippen LogP contribution in [0.15, 0.2) is 59.6 Å². The van der Waals surface area contributed by atoms with Crippen molar-refractivity contribution in [3.8, 4) is 0 Å². The zero-order valence-corrected chi connectivity index (χ0v) is 15.8. The summed E-state index contributed by atoms with van der Waals surface area (Å²) in [6, 6.07) is 15.7. The lowest BCUT2D eigenvalue weighted by atomic mass is 9.72. The summed E-state index contributed by atoms with van der Waals surface area (Å²) in [5.74, 6) is 0.650. The first-order valence-electron chi connectivity index (χ1n) is 9.02. The molecule has 140 valence electrons. The van der Waals surface area contributed by atoms with Gasteiger partial charge in [0.2, 0.25) is 0 Å². The number of ether oxygens (including phenoxy) is 1. The van der Waals surface area contributed by atoms with Gasteiger partial charge in [-0.2, -0.15) is 0 Å².